The Labute approximate surface area is 146 Å². The van der Waals surface area contributed by atoms with Gasteiger partial charge in [-0.05, 0) is 26.9 Å². The van der Waals surface area contributed by atoms with Crippen LogP contribution in [-0.4, -0.2) is 64.1 Å². The van der Waals surface area contributed by atoms with Crippen molar-refractivity contribution in [3.8, 4) is 0 Å². The Balaban J connectivity index is -0.000000279. The quantitative estimate of drug-likeness (QED) is 0.611. The van der Waals surface area contributed by atoms with Crippen LogP contribution >= 0.6 is 0 Å². The molecule has 0 aliphatic heterocycles. The molecule has 5 nitrogen and oxygen atoms in total. The van der Waals surface area contributed by atoms with Gasteiger partial charge in [0.25, 0.3) is 7.72 Å². The molecule has 0 atom stereocenters. The van der Waals surface area contributed by atoms with Gasteiger partial charge in [-0.1, -0.05) is 32.7 Å². The molecule has 0 unspecified atom stereocenters. The fourth-order valence-electron chi connectivity index (χ4n) is 1.09. The summed E-state index contributed by atoms with van der Waals surface area (Å²) < 4.78 is 38.9. The number of rotatable bonds is 6. The van der Waals surface area contributed by atoms with Crippen molar-refractivity contribution in [3.63, 3.8) is 0 Å². The predicted octanol–water partition coefficient (Wildman–Crippen LogP) is 1.22. The van der Waals surface area contributed by atoms with Crippen LogP contribution < -0.4 is 0 Å². The van der Waals surface area contributed by atoms with Crippen LogP contribution in [0.25, 0.3) is 0 Å². The van der Waals surface area contributed by atoms with Crippen molar-refractivity contribution >= 4 is 51.7 Å². The van der Waals surface area contributed by atoms with Crippen molar-refractivity contribution < 1.29 is 22.2 Å². The van der Waals surface area contributed by atoms with E-state index in [1.807, 2.05) is 0 Å². The summed E-state index contributed by atoms with van der Waals surface area (Å²) in [5.41, 5.74) is 0. The van der Waals surface area contributed by atoms with Crippen LogP contribution in [0.2, 0.25) is 45.8 Å². The second-order valence-electron chi connectivity index (χ2n) is 7.11. The molecular weight excluding hydrogens is 381 g/mol. The third-order valence-corrected chi connectivity index (χ3v) is 27.1. The summed E-state index contributed by atoms with van der Waals surface area (Å²) in [4.78, 5) is 0. The van der Waals surface area contributed by atoms with Crippen LogP contribution in [0.1, 0.15) is 13.8 Å². The predicted molar refractivity (Wildman–Crippen MR) is 105 cm³/mol. The van der Waals surface area contributed by atoms with Gasteiger partial charge in [0.15, 0.2) is 9.04 Å². The Hall–Kier alpha value is 0.621. The van der Waals surface area contributed by atoms with Crippen molar-refractivity contribution in [1.29, 1.82) is 0 Å². The maximum absolute atomic E-state index is 11.2. The minimum absolute atomic E-state index is 0.223. The summed E-state index contributed by atoms with van der Waals surface area (Å²) >= 11 is 0. The van der Waals surface area contributed by atoms with Crippen molar-refractivity contribution in [2.75, 3.05) is 7.11 Å². The Bertz CT molecular complexity index is 334. The maximum Gasteiger partial charge on any atom is 0.549 e. The van der Waals surface area contributed by atoms with Gasteiger partial charge in [0.05, 0.1) is 8.80 Å². The molecule has 0 amide bonds. The Kier molecular flexibility index (Phi) is 17.5. The van der Waals surface area contributed by atoms with Crippen molar-refractivity contribution in [1.82, 2.24) is 0 Å². The molecule has 0 aliphatic rings. The highest BCUT2D eigenvalue weighted by Gasteiger charge is 2.26. The summed E-state index contributed by atoms with van der Waals surface area (Å²) in [6.45, 7) is 20.0. The van der Waals surface area contributed by atoms with E-state index in [2.05, 4.69) is 59.7 Å². The molecular formula is C11H34O5Si6. The van der Waals surface area contributed by atoms with Gasteiger partial charge in [0.1, 0.15) is 7.59 Å². The molecule has 132 valence electrons. The highest BCUT2D eigenvalue weighted by molar-refractivity contribution is 7.44. The average molecular weight is 415 g/mol. The van der Waals surface area contributed by atoms with Crippen molar-refractivity contribution in [2.24, 2.45) is 0 Å². The van der Waals surface area contributed by atoms with Crippen LogP contribution in [-0.2, 0) is 22.2 Å². The summed E-state index contributed by atoms with van der Waals surface area (Å²) in [6, 6.07) is 0. The van der Waals surface area contributed by atoms with E-state index in [-0.39, 0.29) is 5.22 Å². The molecule has 0 aliphatic carbocycles. The van der Waals surface area contributed by atoms with Crippen LogP contribution in [0.5, 0.6) is 0 Å². The lowest BCUT2D eigenvalue weighted by Crippen LogP contribution is -2.41. The first-order valence-electron chi connectivity index (χ1n) is 7.45. The van der Waals surface area contributed by atoms with Gasteiger partial charge in [-0.15, -0.1) is 0 Å². The van der Waals surface area contributed by atoms with E-state index in [1.165, 1.54) is 0 Å². The molecule has 0 bridgehead atoms. The largest absolute Gasteiger partial charge is 0.549 e. The third kappa shape index (κ3) is 18.7. The molecule has 0 rings (SSSR count). The fraction of sp³-hybridized carbons (Fsp3) is 1.00. The summed E-state index contributed by atoms with van der Waals surface area (Å²) in [7, 11) is -4.39. The zero-order chi connectivity index (χ0) is 18.6. The average Bonchev–Trinajstić information content (AvgIpc) is 2.28. The minimum Gasteiger partial charge on any atom is -0.423 e. The smallest absolute Gasteiger partial charge is 0.423 e. The lowest BCUT2D eigenvalue weighted by molar-refractivity contribution is 0.193. The van der Waals surface area contributed by atoms with Gasteiger partial charge in [-0.25, -0.2) is 0 Å². The first kappa shape index (κ1) is 27.5. The summed E-state index contributed by atoms with van der Waals surface area (Å²) in [6.07, 6.45) is 0. The third-order valence-electron chi connectivity index (χ3n) is 3.04. The number of hydrogen-bond donors (Lipinski definition) is 0. The number of hydrogen-bond acceptors (Lipinski definition) is 5. The highest BCUT2D eigenvalue weighted by atomic mass is 29.6. The first-order chi connectivity index (χ1) is 9.76. The van der Waals surface area contributed by atoms with E-state index in [0.717, 1.165) is 0 Å². The second-order valence-corrected chi connectivity index (χ2v) is 30.6. The Morgan fingerprint density at radius 1 is 1.09 bits per heavy atom. The molecule has 0 saturated carbocycles. The monoisotopic (exact) mass is 414 g/mol. The lowest BCUT2D eigenvalue weighted by atomic mass is 10.5. The van der Waals surface area contributed by atoms with Crippen LogP contribution in [0.15, 0.2) is 0 Å². The van der Waals surface area contributed by atoms with E-state index in [0.29, 0.717) is 0 Å². The standard InChI is InChI=1S/C7H20OSi2.C4H14O2Si3.O2Si/c1-7(2,9(3)4)8-10(5)6;1-6-7-8(5)9(2,3)4;1-3-2/h9-10H,1-6H3;7H2,1-4H3;. The van der Waals surface area contributed by atoms with E-state index in [1.54, 1.807) is 7.11 Å². The molecule has 0 spiro atoms. The van der Waals surface area contributed by atoms with E-state index in [9.17, 15) is 4.46 Å². The topological polar surface area (TPSA) is 69.7 Å². The molecule has 0 heterocycles. The van der Waals surface area contributed by atoms with E-state index < -0.39 is 51.7 Å². The molecule has 0 N–H and O–H groups in total. The summed E-state index contributed by atoms with van der Waals surface area (Å²) in [5, 5.41) is 0.223. The van der Waals surface area contributed by atoms with Crippen LogP contribution in [0.3, 0.4) is 0 Å². The van der Waals surface area contributed by atoms with Gasteiger partial charge in [0, 0.05) is 12.3 Å². The molecule has 0 aromatic carbocycles. The zero-order valence-corrected chi connectivity index (χ0v) is 22.6. The minimum atomic E-state index is -1.42. The molecule has 0 radical (unpaired) electrons. The molecule has 0 fully saturated rings. The van der Waals surface area contributed by atoms with E-state index >= 15 is 0 Å². The van der Waals surface area contributed by atoms with Gasteiger partial charge in [-0.3, -0.25) is 8.92 Å². The van der Waals surface area contributed by atoms with Crippen LogP contribution in [0.4, 0.5) is 0 Å². The van der Waals surface area contributed by atoms with Crippen molar-refractivity contribution in [2.45, 2.75) is 64.9 Å². The van der Waals surface area contributed by atoms with Crippen molar-refractivity contribution in [3.05, 3.63) is 0 Å². The molecule has 22 heavy (non-hydrogen) atoms. The Morgan fingerprint density at radius 3 is 1.55 bits per heavy atom. The zero-order valence-electron chi connectivity index (χ0n) is 15.9. The molecule has 0 saturated heterocycles. The fourth-order valence-corrected chi connectivity index (χ4v) is 12.2. The normalized spacial score (nSPS) is 11.6. The van der Waals surface area contributed by atoms with Gasteiger partial charge < -0.3 is 13.3 Å². The SMILES string of the molecule is CO[SiH2][Si](=O)[Si](C)(C)C.C[SiH](C)OC(C)(C)[SiH](C)C.O=[Si]=O. The molecule has 0 aromatic rings. The van der Waals surface area contributed by atoms with Gasteiger partial charge in [0.2, 0.25) is 9.28 Å². The highest BCUT2D eigenvalue weighted by Crippen LogP contribution is 2.14. The van der Waals surface area contributed by atoms with Crippen LogP contribution in [0, 0.1) is 0 Å². The van der Waals surface area contributed by atoms with E-state index in [4.69, 9.17) is 17.8 Å². The first-order valence-corrected chi connectivity index (χ1v) is 22.7. The van der Waals surface area contributed by atoms with Gasteiger partial charge >= 0.3 is 9.29 Å². The lowest BCUT2D eigenvalue weighted by Gasteiger charge is -2.31. The molecule has 0 aromatic heterocycles. The molecule has 11 heteroatoms. The van der Waals surface area contributed by atoms with Gasteiger partial charge in [-0.2, -0.15) is 0 Å². The Morgan fingerprint density at radius 2 is 1.45 bits per heavy atom. The maximum atomic E-state index is 11.2. The summed E-state index contributed by atoms with van der Waals surface area (Å²) in [5.74, 6) is 0. The second kappa shape index (κ2) is 14.0.